The van der Waals surface area contributed by atoms with Gasteiger partial charge in [-0.25, -0.2) is 9.37 Å². The van der Waals surface area contributed by atoms with Crippen molar-refractivity contribution in [3.05, 3.63) is 51.4 Å². The maximum Gasteiger partial charge on any atom is 0.255 e. The summed E-state index contributed by atoms with van der Waals surface area (Å²) in [5, 5.41) is 13.2. The summed E-state index contributed by atoms with van der Waals surface area (Å²) in [6.07, 6.45) is 8.52. The molecule has 2 aromatic rings. The second-order valence-electron chi connectivity index (χ2n) is 9.38. The van der Waals surface area contributed by atoms with Crippen molar-refractivity contribution in [2.24, 2.45) is 5.92 Å². The van der Waals surface area contributed by atoms with Crippen LogP contribution in [0.3, 0.4) is 0 Å². The second kappa shape index (κ2) is 14.2. The van der Waals surface area contributed by atoms with Gasteiger partial charge in [0.25, 0.3) is 5.91 Å². The number of ketones is 1. The Hall–Kier alpha value is -2.03. The van der Waals surface area contributed by atoms with Crippen molar-refractivity contribution < 1.29 is 23.8 Å². The number of Topliss-reactive ketones (excluding diaryl/α,β-unsaturated/α-hetero) is 1. The molecule has 1 aliphatic carbocycles. The molecule has 2 N–H and O–H groups in total. The molecule has 1 saturated carbocycles. The van der Waals surface area contributed by atoms with Crippen LogP contribution in [0.2, 0.25) is 10.0 Å². The molecule has 2 aliphatic rings. The molecule has 0 bridgehead atoms. The van der Waals surface area contributed by atoms with Crippen molar-refractivity contribution in [3.8, 4) is 11.6 Å². The number of carbonyl (C=O) groups is 2. The summed E-state index contributed by atoms with van der Waals surface area (Å²) in [4.78, 5) is 27.4. The van der Waals surface area contributed by atoms with E-state index < -0.39 is 5.82 Å². The number of hydrogen-bond donors (Lipinski definition) is 2. The molecule has 6 nitrogen and oxygen atoms in total. The Labute approximate surface area is 231 Å². The predicted octanol–water partition coefficient (Wildman–Crippen LogP) is 7.10. The number of halogens is 3. The fraction of sp³-hybridized carbons (Fsp3) is 0.519. The van der Waals surface area contributed by atoms with Gasteiger partial charge in [0.15, 0.2) is 5.78 Å². The molecule has 0 spiro atoms. The zero-order valence-corrected chi connectivity index (χ0v) is 23.4. The topological polar surface area (TPSA) is 88.5 Å². The highest BCUT2D eigenvalue weighted by molar-refractivity contribution is 7.99. The lowest BCUT2D eigenvalue weighted by Gasteiger charge is -2.28. The zero-order valence-electron chi connectivity index (χ0n) is 21.1. The number of ether oxygens (including phenoxy) is 1. The van der Waals surface area contributed by atoms with Crippen molar-refractivity contribution >= 4 is 46.7 Å². The van der Waals surface area contributed by atoms with Crippen molar-refractivity contribution in [1.29, 1.82) is 0 Å². The quantitative estimate of drug-likeness (QED) is 0.360. The van der Waals surface area contributed by atoms with Gasteiger partial charge in [0.1, 0.15) is 17.7 Å². The first kappa shape index (κ1) is 29.5. The van der Waals surface area contributed by atoms with Gasteiger partial charge >= 0.3 is 0 Å². The lowest BCUT2D eigenvalue weighted by atomic mass is 9.84. The third-order valence-corrected chi connectivity index (χ3v) is 8.23. The molecule has 2 heterocycles. The minimum Gasteiger partial charge on any atom is -0.506 e. The monoisotopic (exact) mass is 570 g/mol. The number of nitrogens with one attached hydrogen (secondary N) is 1. The highest BCUT2D eigenvalue weighted by Gasteiger charge is 2.24. The normalized spacial score (nSPS) is 19.9. The molecule has 0 unspecified atom stereocenters. The van der Waals surface area contributed by atoms with Gasteiger partial charge in [-0.15, -0.1) is 0 Å². The molecule has 202 valence electrons. The summed E-state index contributed by atoms with van der Waals surface area (Å²) in [6, 6.07) is 4.21. The molecule has 1 saturated heterocycles. The first-order valence-electron chi connectivity index (χ1n) is 12.6. The van der Waals surface area contributed by atoms with E-state index in [-0.39, 0.29) is 51.6 Å². The number of nitrogens with zero attached hydrogens (tertiary/aromatic N) is 1. The third kappa shape index (κ3) is 8.76. The molecule has 0 atom stereocenters. The van der Waals surface area contributed by atoms with Crippen LogP contribution in [0.5, 0.6) is 11.6 Å². The van der Waals surface area contributed by atoms with Crippen LogP contribution >= 0.6 is 35.0 Å². The van der Waals surface area contributed by atoms with Crippen LogP contribution in [0.25, 0.3) is 0 Å². The summed E-state index contributed by atoms with van der Waals surface area (Å²) in [5.74, 6) is 1.89. The molecular weight excluding hydrogens is 538 g/mol. The number of aromatic hydroxyl groups is 1. The minimum atomic E-state index is -0.512. The van der Waals surface area contributed by atoms with Gasteiger partial charge in [-0.2, -0.15) is 11.8 Å². The Morgan fingerprint density at radius 3 is 2.41 bits per heavy atom. The smallest absolute Gasteiger partial charge is 0.255 e. The number of thioether (sulfide) groups is 1. The Bertz CT molecular complexity index is 1090. The Morgan fingerprint density at radius 1 is 1.11 bits per heavy atom. The SMILES string of the molecule is CC(=O)c1cc(F)cnc1OC1CCSCC1.CCC1CCC(NC(=O)c2cc(Cl)cc(Cl)c2O)CC1. The van der Waals surface area contributed by atoms with E-state index in [0.717, 1.165) is 62.1 Å². The Balaban J connectivity index is 0.000000208. The van der Waals surface area contributed by atoms with Gasteiger partial charge in [-0.3, -0.25) is 9.59 Å². The number of benzene rings is 1. The Morgan fingerprint density at radius 2 is 1.78 bits per heavy atom. The van der Waals surface area contributed by atoms with Crippen LogP contribution in [0.1, 0.15) is 79.5 Å². The number of phenols is 1. The molecule has 4 rings (SSSR count). The average Bonchev–Trinajstić information content (AvgIpc) is 2.88. The first-order valence-corrected chi connectivity index (χ1v) is 14.5. The maximum absolute atomic E-state index is 13.0. The van der Waals surface area contributed by atoms with E-state index in [1.165, 1.54) is 31.5 Å². The van der Waals surface area contributed by atoms with Crippen LogP contribution in [-0.2, 0) is 0 Å². The molecule has 1 aromatic carbocycles. The molecule has 1 aromatic heterocycles. The van der Waals surface area contributed by atoms with Gasteiger partial charge in [-0.1, -0.05) is 36.5 Å². The second-order valence-corrected chi connectivity index (χ2v) is 11.4. The van der Waals surface area contributed by atoms with Gasteiger partial charge in [0, 0.05) is 11.1 Å². The van der Waals surface area contributed by atoms with Crippen LogP contribution in [0.4, 0.5) is 4.39 Å². The van der Waals surface area contributed by atoms with E-state index in [0.29, 0.717) is 5.02 Å². The number of carbonyl (C=O) groups excluding carboxylic acids is 2. The van der Waals surface area contributed by atoms with E-state index in [1.807, 2.05) is 11.8 Å². The molecule has 1 aliphatic heterocycles. The van der Waals surface area contributed by atoms with E-state index in [4.69, 9.17) is 27.9 Å². The highest BCUT2D eigenvalue weighted by Crippen LogP contribution is 2.32. The molecule has 2 fully saturated rings. The molecular formula is C27H33Cl2FN2O4S. The van der Waals surface area contributed by atoms with E-state index >= 15 is 0 Å². The summed E-state index contributed by atoms with van der Waals surface area (Å²) in [6.45, 7) is 3.59. The Kier molecular flexibility index (Phi) is 11.3. The zero-order chi connectivity index (χ0) is 26.9. The average molecular weight is 572 g/mol. The van der Waals surface area contributed by atoms with Crippen LogP contribution in [0.15, 0.2) is 24.4 Å². The standard InChI is InChI=1S/C15H19Cl2NO2.C12H14FNO2S/c1-2-9-3-5-11(6-4-9)18-15(20)12-7-10(16)8-13(17)14(12)19;1-8(15)11-6-9(13)7-14-12(11)16-10-2-4-17-5-3-10/h7-9,11,19H,2-6H2,1H3,(H,18,20);6-7,10H,2-5H2,1H3. The molecule has 0 radical (unpaired) electrons. The van der Waals surface area contributed by atoms with E-state index in [1.54, 1.807) is 0 Å². The predicted molar refractivity (Wildman–Crippen MR) is 147 cm³/mol. The molecule has 37 heavy (non-hydrogen) atoms. The van der Waals surface area contributed by atoms with Crippen molar-refractivity contribution in [2.45, 2.75) is 70.9 Å². The van der Waals surface area contributed by atoms with Gasteiger partial charge in [0.05, 0.1) is 22.3 Å². The van der Waals surface area contributed by atoms with Gasteiger partial charge < -0.3 is 15.2 Å². The lowest BCUT2D eigenvalue weighted by Crippen LogP contribution is -2.37. The van der Waals surface area contributed by atoms with Gasteiger partial charge in [0.2, 0.25) is 5.88 Å². The maximum atomic E-state index is 13.0. The highest BCUT2D eigenvalue weighted by atomic mass is 35.5. The minimum absolute atomic E-state index is 0.0901. The van der Waals surface area contributed by atoms with Crippen LogP contribution in [-0.4, -0.2) is 45.4 Å². The first-order chi connectivity index (χ1) is 17.7. The summed E-state index contributed by atoms with van der Waals surface area (Å²) in [7, 11) is 0. The fourth-order valence-corrected chi connectivity index (χ4v) is 6.00. The molecule has 10 heteroatoms. The van der Waals surface area contributed by atoms with Gasteiger partial charge in [-0.05, 0) is 81.1 Å². The number of rotatable bonds is 6. The summed E-state index contributed by atoms with van der Waals surface area (Å²) >= 11 is 13.6. The molecule has 1 amide bonds. The number of hydrogen-bond acceptors (Lipinski definition) is 6. The number of aromatic nitrogens is 1. The third-order valence-electron chi connectivity index (χ3n) is 6.68. The fourth-order valence-electron chi connectivity index (χ4n) is 4.44. The summed E-state index contributed by atoms with van der Waals surface area (Å²) in [5.41, 5.74) is 0.364. The van der Waals surface area contributed by atoms with Crippen molar-refractivity contribution in [2.75, 3.05) is 11.5 Å². The lowest BCUT2D eigenvalue weighted by molar-refractivity contribution is 0.0918. The van der Waals surface area contributed by atoms with E-state index in [2.05, 4.69) is 17.2 Å². The van der Waals surface area contributed by atoms with Crippen LogP contribution in [0, 0.1) is 11.7 Å². The summed E-state index contributed by atoms with van der Waals surface area (Å²) < 4.78 is 18.7. The number of phenolic OH excluding ortho intramolecular Hbond substituents is 1. The van der Waals surface area contributed by atoms with E-state index in [9.17, 15) is 19.1 Å². The van der Waals surface area contributed by atoms with Crippen molar-refractivity contribution in [1.82, 2.24) is 10.3 Å². The largest absolute Gasteiger partial charge is 0.506 e. The van der Waals surface area contributed by atoms with Crippen molar-refractivity contribution in [3.63, 3.8) is 0 Å². The number of pyridine rings is 1. The van der Waals surface area contributed by atoms with Crippen LogP contribution < -0.4 is 10.1 Å². The number of amides is 1.